The number of nitrogens with one attached hydrogen (secondary N) is 2. The molecule has 1 aliphatic rings. The van der Waals surface area contributed by atoms with Crippen molar-refractivity contribution in [3.05, 3.63) is 65.3 Å². The molecule has 2 N–H and O–H groups in total. The van der Waals surface area contributed by atoms with Gasteiger partial charge in [0.05, 0.1) is 40.4 Å². The summed E-state index contributed by atoms with van der Waals surface area (Å²) in [6, 6.07) is 15.8. The number of thiophene rings is 1. The number of imidazole rings is 1. The first kappa shape index (κ1) is 19.7. The number of morpholine rings is 1. The van der Waals surface area contributed by atoms with Crippen LogP contribution in [0.1, 0.15) is 16.2 Å². The van der Waals surface area contributed by atoms with Crippen molar-refractivity contribution in [3.8, 4) is 10.6 Å². The number of aromatic amines is 1. The summed E-state index contributed by atoms with van der Waals surface area (Å²) in [5.41, 5.74) is 3.42. The van der Waals surface area contributed by atoms with Crippen LogP contribution in [0.2, 0.25) is 0 Å². The molecule has 31 heavy (non-hydrogen) atoms. The van der Waals surface area contributed by atoms with E-state index >= 15 is 0 Å². The fourth-order valence-corrected chi connectivity index (χ4v) is 4.41. The number of amides is 1. The van der Waals surface area contributed by atoms with E-state index in [2.05, 4.69) is 20.2 Å². The first-order valence-electron chi connectivity index (χ1n) is 10.4. The highest BCUT2D eigenvalue weighted by Crippen LogP contribution is 2.28. The Kier molecular flexibility index (Phi) is 5.64. The predicted octanol–water partition coefficient (Wildman–Crippen LogP) is 3.50. The third-order valence-corrected chi connectivity index (χ3v) is 6.18. The number of nitrogens with zero attached hydrogens (tertiary/aromatic N) is 3. The summed E-state index contributed by atoms with van der Waals surface area (Å²) < 4.78 is 5.48. The molecule has 4 aromatic rings. The second-order valence-corrected chi connectivity index (χ2v) is 8.30. The number of fused-ring (bicyclic) bond motifs is 1. The maximum absolute atomic E-state index is 13.0. The molecule has 1 saturated heterocycles. The SMILES string of the molecule is O=C(NCCc1nc2ccccc2[nH]1)c1ccc(-c2cccs2)nc1N1CCOCC1. The quantitative estimate of drug-likeness (QED) is 0.486. The standard InChI is InChI=1S/C23H23N5O2S/c29-23(24-10-9-21-25-17-4-1-2-5-18(17)26-21)16-7-8-19(20-6-3-15-31-20)27-22(16)28-11-13-30-14-12-28/h1-8,15H,9-14H2,(H,24,29)(H,25,26). The van der Waals surface area contributed by atoms with Gasteiger partial charge in [-0.25, -0.2) is 9.97 Å². The van der Waals surface area contributed by atoms with E-state index in [0.29, 0.717) is 31.7 Å². The topological polar surface area (TPSA) is 83.1 Å². The lowest BCUT2D eigenvalue weighted by Gasteiger charge is -2.29. The van der Waals surface area contributed by atoms with Gasteiger partial charge < -0.3 is 19.9 Å². The monoisotopic (exact) mass is 433 g/mol. The van der Waals surface area contributed by atoms with E-state index in [0.717, 1.165) is 46.3 Å². The smallest absolute Gasteiger partial charge is 0.255 e. The molecule has 0 atom stereocenters. The second-order valence-electron chi connectivity index (χ2n) is 7.35. The maximum atomic E-state index is 13.0. The van der Waals surface area contributed by atoms with Crippen LogP contribution in [0.3, 0.4) is 0 Å². The van der Waals surface area contributed by atoms with Gasteiger partial charge in [0.1, 0.15) is 11.6 Å². The zero-order valence-electron chi connectivity index (χ0n) is 17.0. The minimum absolute atomic E-state index is 0.122. The van der Waals surface area contributed by atoms with Gasteiger partial charge >= 0.3 is 0 Å². The molecule has 5 rings (SSSR count). The number of H-pyrrole nitrogens is 1. The van der Waals surface area contributed by atoms with Crippen molar-refractivity contribution < 1.29 is 9.53 Å². The number of aromatic nitrogens is 3. The number of carbonyl (C=O) groups is 1. The number of anilines is 1. The van der Waals surface area contributed by atoms with Crippen LogP contribution in [0.15, 0.2) is 53.9 Å². The van der Waals surface area contributed by atoms with Gasteiger partial charge in [0.15, 0.2) is 0 Å². The van der Waals surface area contributed by atoms with E-state index in [1.165, 1.54) is 0 Å². The molecule has 8 heteroatoms. The molecule has 0 unspecified atom stereocenters. The number of rotatable bonds is 6. The predicted molar refractivity (Wildman–Crippen MR) is 123 cm³/mol. The summed E-state index contributed by atoms with van der Waals surface area (Å²) in [4.78, 5) is 29.0. The Morgan fingerprint density at radius 2 is 1.97 bits per heavy atom. The fraction of sp³-hybridized carbons (Fsp3) is 0.261. The number of carbonyl (C=O) groups excluding carboxylic acids is 1. The van der Waals surface area contributed by atoms with Crippen LogP contribution < -0.4 is 10.2 Å². The second kappa shape index (κ2) is 8.87. The van der Waals surface area contributed by atoms with Crippen molar-refractivity contribution >= 4 is 34.1 Å². The van der Waals surface area contributed by atoms with Crippen molar-refractivity contribution in [2.75, 3.05) is 37.7 Å². The van der Waals surface area contributed by atoms with Gasteiger partial charge in [-0.15, -0.1) is 11.3 Å². The molecular formula is C23H23N5O2S. The van der Waals surface area contributed by atoms with Crippen molar-refractivity contribution in [1.82, 2.24) is 20.3 Å². The van der Waals surface area contributed by atoms with Crippen LogP contribution >= 0.6 is 11.3 Å². The minimum atomic E-state index is -0.122. The Hall–Kier alpha value is -3.23. The molecule has 1 amide bonds. The lowest BCUT2D eigenvalue weighted by atomic mass is 10.1. The van der Waals surface area contributed by atoms with Crippen molar-refractivity contribution in [1.29, 1.82) is 0 Å². The normalized spacial score (nSPS) is 14.1. The molecule has 158 valence electrons. The van der Waals surface area contributed by atoms with E-state index in [4.69, 9.17) is 9.72 Å². The number of hydrogen-bond acceptors (Lipinski definition) is 6. The third-order valence-electron chi connectivity index (χ3n) is 5.29. The number of para-hydroxylation sites is 2. The van der Waals surface area contributed by atoms with Gasteiger partial charge in [0, 0.05) is 26.1 Å². The van der Waals surface area contributed by atoms with Gasteiger partial charge in [-0.3, -0.25) is 4.79 Å². The molecule has 7 nitrogen and oxygen atoms in total. The molecule has 0 radical (unpaired) electrons. The number of hydrogen-bond donors (Lipinski definition) is 2. The molecule has 0 aliphatic carbocycles. The highest BCUT2D eigenvalue weighted by molar-refractivity contribution is 7.13. The Morgan fingerprint density at radius 1 is 1.10 bits per heavy atom. The van der Waals surface area contributed by atoms with Crippen LogP contribution in [0.25, 0.3) is 21.6 Å². The van der Waals surface area contributed by atoms with E-state index in [1.54, 1.807) is 11.3 Å². The minimum Gasteiger partial charge on any atom is -0.378 e. The zero-order valence-corrected chi connectivity index (χ0v) is 17.8. The highest BCUT2D eigenvalue weighted by Gasteiger charge is 2.21. The molecule has 1 aromatic carbocycles. The van der Waals surface area contributed by atoms with E-state index in [-0.39, 0.29) is 5.91 Å². The Bertz CT molecular complexity index is 1150. The summed E-state index contributed by atoms with van der Waals surface area (Å²) in [7, 11) is 0. The van der Waals surface area contributed by atoms with E-state index in [9.17, 15) is 4.79 Å². The van der Waals surface area contributed by atoms with Crippen LogP contribution in [-0.2, 0) is 11.2 Å². The average Bonchev–Trinajstić information content (AvgIpc) is 3.49. The molecule has 3 aromatic heterocycles. The van der Waals surface area contributed by atoms with Crippen LogP contribution in [0.5, 0.6) is 0 Å². The summed E-state index contributed by atoms with van der Waals surface area (Å²) in [6.07, 6.45) is 0.633. The van der Waals surface area contributed by atoms with E-state index in [1.807, 2.05) is 53.9 Å². The van der Waals surface area contributed by atoms with Gasteiger partial charge in [-0.05, 0) is 35.7 Å². The zero-order chi connectivity index (χ0) is 21.0. The summed E-state index contributed by atoms with van der Waals surface area (Å²) in [6.45, 7) is 3.21. The van der Waals surface area contributed by atoms with Gasteiger partial charge in [0.25, 0.3) is 5.91 Å². The summed E-state index contributed by atoms with van der Waals surface area (Å²) >= 11 is 1.64. The lowest BCUT2D eigenvalue weighted by Crippen LogP contribution is -2.38. The molecule has 0 spiro atoms. The number of benzene rings is 1. The number of pyridine rings is 1. The fourth-order valence-electron chi connectivity index (χ4n) is 3.72. The van der Waals surface area contributed by atoms with Crippen molar-refractivity contribution in [2.45, 2.75) is 6.42 Å². The first-order chi connectivity index (χ1) is 15.3. The lowest BCUT2D eigenvalue weighted by molar-refractivity contribution is 0.0952. The molecular weight excluding hydrogens is 410 g/mol. The first-order valence-corrected chi connectivity index (χ1v) is 11.3. The average molecular weight is 434 g/mol. The van der Waals surface area contributed by atoms with Crippen molar-refractivity contribution in [3.63, 3.8) is 0 Å². The Balaban J connectivity index is 1.33. The summed E-state index contributed by atoms with van der Waals surface area (Å²) in [5, 5.41) is 5.06. The Labute approximate surface area is 184 Å². The van der Waals surface area contributed by atoms with E-state index < -0.39 is 0 Å². The van der Waals surface area contributed by atoms with Crippen molar-refractivity contribution in [2.24, 2.45) is 0 Å². The maximum Gasteiger partial charge on any atom is 0.255 e. The highest BCUT2D eigenvalue weighted by atomic mass is 32.1. The molecule has 0 saturated carbocycles. The largest absolute Gasteiger partial charge is 0.378 e. The molecule has 1 aliphatic heterocycles. The summed E-state index contributed by atoms with van der Waals surface area (Å²) in [5.74, 6) is 1.46. The Morgan fingerprint density at radius 3 is 2.77 bits per heavy atom. The van der Waals surface area contributed by atoms with Crippen LogP contribution in [0, 0.1) is 0 Å². The van der Waals surface area contributed by atoms with Crippen LogP contribution in [0.4, 0.5) is 5.82 Å². The number of ether oxygens (including phenoxy) is 1. The van der Waals surface area contributed by atoms with Gasteiger partial charge in [0.2, 0.25) is 0 Å². The third kappa shape index (κ3) is 4.30. The van der Waals surface area contributed by atoms with Crippen LogP contribution in [-0.4, -0.2) is 53.7 Å². The van der Waals surface area contributed by atoms with Gasteiger partial charge in [-0.2, -0.15) is 0 Å². The molecule has 4 heterocycles. The molecule has 1 fully saturated rings. The van der Waals surface area contributed by atoms with Gasteiger partial charge in [-0.1, -0.05) is 18.2 Å². The molecule has 0 bridgehead atoms.